The van der Waals surface area contributed by atoms with Gasteiger partial charge in [-0.05, 0) is 56.5 Å². The van der Waals surface area contributed by atoms with Gasteiger partial charge >= 0.3 is 5.69 Å². The van der Waals surface area contributed by atoms with Crippen LogP contribution < -0.4 is 15.9 Å². The molecule has 2 aromatic carbocycles. The number of piperidine rings is 1. The first kappa shape index (κ1) is 21.3. The van der Waals surface area contributed by atoms with Gasteiger partial charge in [-0.15, -0.1) is 10.2 Å². The molecule has 0 saturated carbocycles. The highest BCUT2D eigenvalue weighted by molar-refractivity contribution is 8.00. The van der Waals surface area contributed by atoms with E-state index in [1.807, 2.05) is 41.8 Å². The number of para-hydroxylation sites is 1. The Kier molecular flexibility index (Phi) is 5.91. The molecule has 2 aromatic heterocycles. The average Bonchev–Trinajstić information content (AvgIpc) is 3.42. The van der Waals surface area contributed by atoms with Crippen LogP contribution >= 0.6 is 11.8 Å². The summed E-state index contributed by atoms with van der Waals surface area (Å²) in [5, 5.41) is 12.1. The summed E-state index contributed by atoms with van der Waals surface area (Å²) in [6.07, 6.45) is 3.51. The number of H-pyrrole nitrogens is 2. The zero-order valence-corrected chi connectivity index (χ0v) is 19.1. The van der Waals surface area contributed by atoms with Crippen LogP contribution in [0.25, 0.3) is 16.7 Å². The Bertz CT molecular complexity index is 1320. The van der Waals surface area contributed by atoms with E-state index in [-0.39, 0.29) is 11.6 Å². The second-order valence-corrected chi connectivity index (χ2v) is 9.40. The van der Waals surface area contributed by atoms with E-state index in [4.69, 9.17) is 0 Å². The van der Waals surface area contributed by atoms with Crippen LogP contribution in [0.4, 0.5) is 11.6 Å². The lowest BCUT2D eigenvalue weighted by Crippen LogP contribution is -2.31. The van der Waals surface area contributed by atoms with E-state index in [1.165, 1.54) is 18.2 Å². The molecule has 0 radical (unpaired) electrons. The highest BCUT2D eigenvalue weighted by Gasteiger charge is 2.24. The third-order valence-electron chi connectivity index (χ3n) is 5.70. The van der Waals surface area contributed by atoms with Crippen LogP contribution in [0.3, 0.4) is 0 Å². The van der Waals surface area contributed by atoms with E-state index in [0.717, 1.165) is 37.6 Å². The number of fused-ring (bicyclic) bond motifs is 1. The summed E-state index contributed by atoms with van der Waals surface area (Å²) < 4.78 is 2.04. The van der Waals surface area contributed by atoms with Crippen molar-refractivity contribution in [3.05, 3.63) is 59.0 Å². The Balaban J connectivity index is 1.37. The predicted molar refractivity (Wildman–Crippen MR) is 130 cm³/mol. The van der Waals surface area contributed by atoms with Gasteiger partial charge in [-0.25, -0.2) is 4.79 Å². The van der Waals surface area contributed by atoms with E-state index in [1.54, 1.807) is 18.2 Å². The SMILES string of the molecule is CC(Sc1nnc(N2CCCCC2)n1-c1ccccc1)C(=O)Nc1ccc2[nH]c(=O)[nH]c2c1. The molecule has 0 aliphatic carbocycles. The molecule has 0 spiro atoms. The van der Waals surface area contributed by atoms with Gasteiger partial charge in [0.1, 0.15) is 0 Å². The van der Waals surface area contributed by atoms with Crippen LogP contribution in [0.5, 0.6) is 0 Å². The summed E-state index contributed by atoms with van der Waals surface area (Å²) >= 11 is 1.37. The summed E-state index contributed by atoms with van der Waals surface area (Å²) in [5.41, 5.74) is 2.66. The predicted octanol–water partition coefficient (Wildman–Crippen LogP) is 3.55. The maximum Gasteiger partial charge on any atom is 0.323 e. The van der Waals surface area contributed by atoms with Gasteiger partial charge in [0.05, 0.1) is 22.0 Å². The minimum atomic E-state index is -0.410. The first-order valence-electron chi connectivity index (χ1n) is 11.0. The fourth-order valence-electron chi connectivity index (χ4n) is 4.01. The van der Waals surface area contributed by atoms with Crippen LogP contribution in [0.1, 0.15) is 26.2 Å². The van der Waals surface area contributed by atoms with E-state index < -0.39 is 5.25 Å². The number of amides is 1. The van der Waals surface area contributed by atoms with Gasteiger partial charge < -0.3 is 20.2 Å². The maximum atomic E-state index is 12.9. The molecule has 1 unspecified atom stereocenters. The lowest BCUT2D eigenvalue weighted by molar-refractivity contribution is -0.115. The van der Waals surface area contributed by atoms with Crippen LogP contribution in [0.15, 0.2) is 58.5 Å². The standard InChI is InChI=1S/C23H25N7O2S/c1-15(20(31)24-16-10-11-18-19(14-16)26-21(32)25-18)33-23-28-27-22(29-12-6-3-7-13-29)30(23)17-8-4-2-5-9-17/h2,4-5,8-11,14-15H,3,6-7,12-13H2,1H3,(H,24,31)(H2,25,26,32). The van der Waals surface area contributed by atoms with Crippen molar-refractivity contribution in [2.24, 2.45) is 0 Å². The Morgan fingerprint density at radius 2 is 1.79 bits per heavy atom. The van der Waals surface area contributed by atoms with Crippen molar-refractivity contribution < 1.29 is 4.79 Å². The molecule has 9 nitrogen and oxygen atoms in total. The van der Waals surface area contributed by atoms with Crippen molar-refractivity contribution >= 4 is 40.3 Å². The summed E-state index contributed by atoms with van der Waals surface area (Å²) in [6.45, 7) is 3.76. The van der Waals surface area contributed by atoms with E-state index in [9.17, 15) is 9.59 Å². The van der Waals surface area contributed by atoms with Crippen molar-refractivity contribution in [1.82, 2.24) is 24.7 Å². The van der Waals surface area contributed by atoms with Gasteiger partial charge in [-0.2, -0.15) is 0 Å². The number of carbonyl (C=O) groups excluding carboxylic acids is 1. The molecule has 0 bridgehead atoms. The second-order valence-electron chi connectivity index (χ2n) is 8.09. The molecule has 1 amide bonds. The molecular formula is C23H25N7O2S. The number of nitrogens with zero attached hydrogens (tertiary/aromatic N) is 4. The molecule has 170 valence electrons. The number of anilines is 2. The molecule has 10 heteroatoms. The molecule has 3 N–H and O–H groups in total. The number of rotatable bonds is 6. The highest BCUT2D eigenvalue weighted by atomic mass is 32.2. The lowest BCUT2D eigenvalue weighted by Gasteiger charge is -2.28. The fourth-order valence-corrected chi connectivity index (χ4v) is 4.87. The fraction of sp³-hybridized carbons (Fsp3) is 0.304. The summed E-state index contributed by atoms with van der Waals surface area (Å²) in [6, 6.07) is 15.3. The van der Waals surface area contributed by atoms with Gasteiger partial charge in [-0.1, -0.05) is 30.0 Å². The van der Waals surface area contributed by atoms with Crippen LogP contribution in [0.2, 0.25) is 0 Å². The molecular weight excluding hydrogens is 438 g/mol. The highest BCUT2D eigenvalue weighted by Crippen LogP contribution is 2.31. The smallest absolute Gasteiger partial charge is 0.323 e. The number of hydrogen-bond acceptors (Lipinski definition) is 6. The first-order chi connectivity index (χ1) is 16.1. The Morgan fingerprint density at radius 1 is 1.03 bits per heavy atom. The van der Waals surface area contributed by atoms with Crippen molar-refractivity contribution in [2.75, 3.05) is 23.3 Å². The number of benzene rings is 2. The number of hydrogen-bond donors (Lipinski definition) is 3. The Hall–Kier alpha value is -3.53. The molecule has 1 saturated heterocycles. The summed E-state index contributed by atoms with van der Waals surface area (Å²) in [5.74, 6) is 0.664. The Morgan fingerprint density at radius 3 is 2.58 bits per heavy atom. The van der Waals surface area contributed by atoms with Gasteiger partial charge in [0.15, 0.2) is 5.16 Å². The van der Waals surface area contributed by atoms with Gasteiger partial charge in [-0.3, -0.25) is 9.36 Å². The zero-order chi connectivity index (χ0) is 22.8. The molecule has 1 aliphatic heterocycles. The minimum Gasteiger partial charge on any atom is -0.341 e. The number of aromatic amines is 2. The monoisotopic (exact) mass is 463 g/mol. The number of aromatic nitrogens is 5. The van der Waals surface area contributed by atoms with Crippen molar-refractivity contribution in [3.8, 4) is 5.69 Å². The van der Waals surface area contributed by atoms with Crippen molar-refractivity contribution in [3.63, 3.8) is 0 Å². The van der Waals surface area contributed by atoms with Crippen molar-refractivity contribution in [2.45, 2.75) is 36.6 Å². The van der Waals surface area contributed by atoms with Gasteiger partial charge in [0.25, 0.3) is 0 Å². The summed E-state index contributed by atoms with van der Waals surface area (Å²) in [4.78, 5) is 32.1. The normalized spacial score (nSPS) is 15.0. The van der Waals surface area contributed by atoms with Crippen LogP contribution in [-0.2, 0) is 4.79 Å². The third-order valence-corrected chi connectivity index (χ3v) is 6.75. The third kappa shape index (κ3) is 4.51. The second kappa shape index (κ2) is 9.14. The zero-order valence-electron chi connectivity index (χ0n) is 18.2. The molecule has 1 aliphatic rings. The van der Waals surface area contributed by atoms with E-state index in [2.05, 4.69) is 30.4 Å². The minimum absolute atomic E-state index is 0.153. The molecule has 5 rings (SSSR count). The lowest BCUT2D eigenvalue weighted by atomic mass is 10.1. The Labute approximate surface area is 194 Å². The van der Waals surface area contributed by atoms with Crippen LogP contribution in [-0.4, -0.2) is 49.0 Å². The first-order valence-corrected chi connectivity index (χ1v) is 11.9. The number of nitrogens with one attached hydrogen (secondary N) is 3. The quantitative estimate of drug-likeness (QED) is 0.377. The van der Waals surface area contributed by atoms with Gasteiger partial charge in [0.2, 0.25) is 11.9 Å². The van der Waals surface area contributed by atoms with E-state index in [0.29, 0.717) is 21.9 Å². The number of imidazole rings is 1. The summed E-state index contributed by atoms with van der Waals surface area (Å²) in [7, 11) is 0. The maximum absolute atomic E-state index is 12.9. The van der Waals surface area contributed by atoms with Crippen LogP contribution in [0, 0.1) is 0 Å². The molecule has 3 heterocycles. The number of carbonyl (C=O) groups is 1. The largest absolute Gasteiger partial charge is 0.341 e. The molecule has 1 atom stereocenters. The molecule has 33 heavy (non-hydrogen) atoms. The molecule has 1 fully saturated rings. The average molecular weight is 464 g/mol. The number of thioether (sulfide) groups is 1. The van der Waals surface area contributed by atoms with Crippen molar-refractivity contribution in [1.29, 1.82) is 0 Å². The molecule has 4 aromatic rings. The van der Waals surface area contributed by atoms with Gasteiger partial charge in [0, 0.05) is 18.8 Å². The van der Waals surface area contributed by atoms with E-state index >= 15 is 0 Å². The topological polar surface area (TPSA) is 112 Å².